The van der Waals surface area contributed by atoms with Crippen LogP contribution in [0.3, 0.4) is 0 Å². The maximum Gasteiger partial charge on any atom is 0.191 e. The van der Waals surface area contributed by atoms with E-state index >= 15 is 0 Å². The molecule has 0 fully saturated rings. The number of thiophene rings is 1. The van der Waals surface area contributed by atoms with Gasteiger partial charge >= 0.3 is 0 Å². The molecule has 0 aliphatic rings. The summed E-state index contributed by atoms with van der Waals surface area (Å²) in [6.07, 6.45) is 1.95. The predicted octanol–water partition coefficient (Wildman–Crippen LogP) is 4.30. The smallest absolute Gasteiger partial charge is 0.191 e. The van der Waals surface area contributed by atoms with Crippen molar-refractivity contribution in [1.29, 1.82) is 0 Å². The molecule has 0 aliphatic heterocycles. The Kier molecular flexibility index (Phi) is 11.5. The summed E-state index contributed by atoms with van der Waals surface area (Å²) in [6.45, 7) is 8.50. The Morgan fingerprint density at radius 2 is 1.93 bits per heavy atom. The van der Waals surface area contributed by atoms with Crippen LogP contribution in [0.2, 0.25) is 0 Å². The fourth-order valence-corrected chi connectivity index (χ4v) is 3.28. The normalized spacial score (nSPS) is 13.4. The summed E-state index contributed by atoms with van der Waals surface area (Å²) >= 11 is 1.58. The lowest BCUT2D eigenvalue weighted by atomic mass is 10.00. The molecular weight excluding hydrogens is 485 g/mol. The maximum atomic E-state index is 10.6. The molecule has 5 nitrogen and oxygen atoms in total. The summed E-state index contributed by atoms with van der Waals surface area (Å²) in [5.41, 5.74) is 1.18. The number of aryl methyl sites for hydroxylation is 1. The summed E-state index contributed by atoms with van der Waals surface area (Å²) in [4.78, 5) is 4.53. The monoisotopic (exact) mass is 517 g/mol. The number of halogens is 1. The molecule has 3 N–H and O–H groups in total. The van der Waals surface area contributed by atoms with Crippen molar-refractivity contribution in [1.82, 2.24) is 10.6 Å². The molecule has 1 aromatic carbocycles. The van der Waals surface area contributed by atoms with Gasteiger partial charge in [-0.05, 0) is 68.1 Å². The van der Waals surface area contributed by atoms with Gasteiger partial charge in [0.05, 0.1) is 13.2 Å². The quantitative estimate of drug-likeness (QED) is 0.190. The van der Waals surface area contributed by atoms with Crippen molar-refractivity contribution in [3.05, 3.63) is 52.2 Å². The lowest BCUT2D eigenvalue weighted by Crippen LogP contribution is -2.39. The van der Waals surface area contributed by atoms with Gasteiger partial charge in [0, 0.05) is 13.1 Å². The molecule has 1 aromatic heterocycles. The molecule has 0 saturated carbocycles. The van der Waals surface area contributed by atoms with E-state index < -0.39 is 5.60 Å². The third-order valence-corrected chi connectivity index (χ3v) is 4.87. The SMILES string of the molecule is CCNC(=NCC(C)(O)c1ccsc1)NCCCCOc1ccc(C)cc1.I. The van der Waals surface area contributed by atoms with Crippen molar-refractivity contribution in [3.8, 4) is 5.75 Å². The maximum absolute atomic E-state index is 10.6. The molecule has 7 heteroatoms. The molecule has 2 rings (SSSR count). The van der Waals surface area contributed by atoms with Gasteiger partial charge in [0.2, 0.25) is 0 Å². The lowest BCUT2D eigenvalue weighted by molar-refractivity contribution is 0.0677. The molecule has 1 heterocycles. The fourth-order valence-electron chi connectivity index (χ4n) is 2.50. The Hall–Kier alpha value is -1.32. The van der Waals surface area contributed by atoms with E-state index in [1.54, 1.807) is 18.3 Å². The topological polar surface area (TPSA) is 65.9 Å². The van der Waals surface area contributed by atoms with Crippen LogP contribution in [0.25, 0.3) is 0 Å². The number of rotatable bonds is 10. The van der Waals surface area contributed by atoms with Crippen molar-refractivity contribution in [2.24, 2.45) is 4.99 Å². The van der Waals surface area contributed by atoms with Gasteiger partial charge in [-0.2, -0.15) is 11.3 Å². The summed E-state index contributed by atoms with van der Waals surface area (Å²) in [5, 5.41) is 21.1. The Morgan fingerprint density at radius 3 is 2.57 bits per heavy atom. The van der Waals surface area contributed by atoms with Crippen LogP contribution in [0.1, 0.15) is 37.8 Å². The average Bonchev–Trinajstić information content (AvgIpc) is 3.20. The minimum atomic E-state index is -0.954. The zero-order valence-electron chi connectivity index (χ0n) is 16.9. The van der Waals surface area contributed by atoms with Crippen LogP contribution in [0.5, 0.6) is 5.75 Å². The van der Waals surface area contributed by atoms with E-state index in [0.717, 1.165) is 43.2 Å². The molecule has 156 valence electrons. The number of nitrogens with one attached hydrogen (secondary N) is 2. The van der Waals surface area contributed by atoms with Gasteiger partial charge in [-0.3, -0.25) is 0 Å². The van der Waals surface area contributed by atoms with Crippen LogP contribution in [0.15, 0.2) is 46.1 Å². The predicted molar refractivity (Wildman–Crippen MR) is 129 cm³/mol. The Balaban J connectivity index is 0.00000392. The second-order valence-corrected chi connectivity index (χ2v) is 7.56. The highest BCUT2D eigenvalue weighted by Gasteiger charge is 2.23. The van der Waals surface area contributed by atoms with Crippen molar-refractivity contribution < 1.29 is 9.84 Å². The van der Waals surface area contributed by atoms with Crippen molar-refractivity contribution in [2.45, 2.75) is 39.2 Å². The van der Waals surface area contributed by atoms with Gasteiger partial charge in [0.1, 0.15) is 11.4 Å². The number of hydrogen-bond acceptors (Lipinski definition) is 4. The van der Waals surface area contributed by atoms with Crippen LogP contribution in [0.4, 0.5) is 0 Å². The van der Waals surface area contributed by atoms with Crippen LogP contribution in [0, 0.1) is 6.92 Å². The minimum Gasteiger partial charge on any atom is -0.494 e. The van der Waals surface area contributed by atoms with E-state index in [1.165, 1.54) is 5.56 Å². The van der Waals surface area contributed by atoms with E-state index in [2.05, 4.69) is 34.7 Å². The highest BCUT2D eigenvalue weighted by molar-refractivity contribution is 14.0. The summed E-state index contributed by atoms with van der Waals surface area (Å²) in [6, 6.07) is 10.1. The van der Waals surface area contributed by atoms with Crippen LogP contribution < -0.4 is 15.4 Å². The molecule has 2 aromatic rings. The van der Waals surface area contributed by atoms with E-state index in [1.807, 2.05) is 35.9 Å². The summed E-state index contributed by atoms with van der Waals surface area (Å²) in [5.74, 6) is 1.64. The van der Waals surface area contributed by atoms with Gasteiger partial charge < -0.3 is 20.5 Å². The number of benzene rings is 1. The molecular formula is C21H32IN3O2S. The number of aliphatic hydroxyl groups is 1. The Bertz CT molecular complexity index is 688. The van der Waals surface area contributed by atoms with Gasteiger partial charge in [0.15, 0.2) is 5.96 Å². The first-order valence-corrected chi connectivity index (χ1v) is 10.4. The number of unbranched alkanes of at least 4 members (excludes halogenated alkanes) is 1. The third kappa shape index (κ3) is 8.79. The molecule has 0 radical (unpaired) electrons. The number of nitrogens with zero attached hydrogens (tertiary/aromatic N) is 1. The largest absolute Gasteiger partial charge is 0.494 e. The molecule has 0 amide bonds. The first-order valence-electron chi connectivity index (χ1n) is 9.48. The Labute approximate surface area is 189 Å². The average molecular weight is 517 g/mol. The van der Waals surface area contributed by atoms with Crippen molar-refractivity contribution in [3.63, 3.8) is 0 Å². The molecule has 0 saturated heterocycles. The summed E-state index contributed by atoms with van der Waals surface area (Å²) < 4.78 is 5.74. The first kappa shape index (κ1) is 24.7. The highest BCUT2D eigenvalue weighted by Crippen LogP contribution is 2.23. The minimum absolute atomic E-state index is 0. The number of guanidine groups is 1. The number of ether oxygens (including phenoxy) is 1. The van der Waals surface area contributed by atoms with Crippen LogP contribution in [-0.4, -0.2) is 37.3 Å². The van der Waals surface area contributed by atoms with Gasteiger partial charge in [-0.25, -0.2) is 4.99 Å². The second-order valence-electron chi connectivity index (χ2n) is 6.78. The standard InChI is InChI=1S/C21H31N3O2S.HI/c1-4-22-20(24-16-21(3,25)18-11-14-27-15-18)23-12-5-6-13-26-19-9-7-17(2)8-10-19;/h7-11,14-15,25H,4-6,12-13,16H2,1-3H3,(H2,22,23,24);1H. The molecule has 0 bridgehead atoms. The van der Waals surface area contributed by atoms with Gasteiger partial charge in [-0.1, -0.05) is 17.7 Å². The lowest BCUT2D eigenvalue weighted by Gasteiger charge is -2.21. The number of aliphatic imine (C=N–C) groups is 1. The van der Waals surface area contributed by atoms with Gasteiger partial charge in [0.25, 0.3) is 0 Å². The van der Waals surface area contributed by atoms with Crippen LogP contribution >= 0.6 is 35.3 Å². The second kappa shape index (κ2) is 13.0. The van der Waals surface area contributed by atoms with E-state index in [0.29, 0.717) is 13.2 Å². The molecule has 1 unspecified atom stereocenters. The number of hydrogen-bond donors (Lipinski definition) is 3. The zero-order valence-corrected chi connectivity index (χ0v) is 20.1. The van der Waals surface area contributed by atoms with E-state index in [-0.39, 0.29) is 24.0 Å². The van der Waals surface area contributed by atoms with E-state index in [9.17, 15) is 5.11 Å². The van der Waals surface area contributed by atoms with Crippen molar-refractivity contribution in [2.75, 3.05) is 26.2 Å². The summed E-state index contributed by atoms with van der Waals surface area (Å²) in [7, 11) is 0. The molecule has 1 atom stereocenters. The van der Waals surface area contributed by atoms with Crippen molar-refractivity contribution >= 4 is 41.3 Å². The molecule has 28 heavy (non-hydrogen) atoms. The van der Waals surface area contributed by atoms with Gasteiger partial charge in [-0.15, -0.1) is 24.0 Å². The third-order valence-electron chi connectivity index (χ3n) is 4.19. The first-order chi connectivity index (χ1) is 13.0. The Morgan fingerprint density at radius 1 is 1.18 bits per heavy atom. The highest BCUT2D eigenvalue weighted by atomic mass is 127. The zero-order chi connectivity index (χ0) is 19.5. The molecule has 0 aliphatic carbocycles. The van der Waals surface area contributed by atoms with E-state index in [4.69, 9.17) is 4.74 Å². The van der Waals surface area contributed by atoms with Crippen LogP contribution in [-0.2, 0) is 5.60 Å². The molecule has 0 spiro atoms. The fraction of sp³-hybridized carbons (Fsp3) is 0.476.